The minimum Gasteiger partial charge on any atom is -0.354 e. The molecule has 0 bridgehead atoms. The molecule has 0 radical (unpaired) electrons. The minimum absolute atomic E-state index is 0.140. The highest BCUT2D eigenvalue weighted by Crippen LogP contribution is 2.36. The van der Waals surface area contributed by atoms with Crippen LogP contribution in [0.1, 0.15) is 20.3 Å². The van der Waals surface area contributed by atoms with Crippen molar-refractivity contribution in [3.63, 3.8) is 0 Å². The molecule has 0 heterocycles. The van der Waals surface area contributed by atoms with Crippen LogP contribution in [0.3, 0.4) is 0 Å². The van der Waals surface area contributed by atoms with Crippen LogP contribution in [0.2, 0.25) is 0 Å². The van der Waals surface area contributed by atoms with E-state index < -0.39 is 6.04 Å². The zero-order chi connectivity index (χ0) is 11.4. The number of thiol groups is 1. The second-order valence-corrected chi connectivity index (χ2v) is 4.52. The van der Waals surface area contributed by atoms with Gasteiger partial charge in [0.15, 0.2) is 0 Å². The number of carbonyl (C=O) groups is 2. The molecular weight excluding hydrogens is 212 g/mol. The van der Waals surface area contributed by atoms with Gasteiger partial charge in [0, 0.05) is 19.2 Å². The Labute approximate surface area is 95.6 Å². The number of hydrogen-bond acceptors (Lipinski definition) is 3. The van der Waals surface area contributed by atoms with Crippen LogP contribution < -0.4 is 10.6 Å². The molecule has 1 aliphatic carbocycles. The number of amides is 2. The van der Waals surface area contributed by atoms with Gasteiger partial charge in [-0.15, -0.1) is 0 Å². The van der Waals surface area contributed by atoms with E-state index in [1.807, 2.05) is 0 Å². The average molecular weight is 230 g/mol. The number of nitrogens with one attached hydrogen (secondary N) is 2. The summed E-state index contributed by atoms with van der Waals surface area (Å²) in [5.41, 5.74) is 0. The predicted octanol–water partition coefficient (Wildman–Crippen LogP) is 0.193. The molecule has 0 spiro atoms. The smallest absolute Gasteiger partial charge is 0.243 e. The van der Waals surface area contributed by atoms with Crippen molar-refractivity contribution in [3.05, 3.63) is 0 Å². The van der Waals surface area contributed by atoms with Crippen molar-refractivity contribution in [2.45, 2.75) is 26.3 Å². The number of rotatable bonds is 5. The van der Waals surface area contributed by atoms with E-state index in [1.54, 1.807) is 0 Å². The van der Waals surface area contributed by atoms with Crippen LogP contribution in [0.25, 0.3) is 0 Å². The summed E-state index contributed by atoms with van der Waals surface area (Å²) in [4.78, 5) is 22.4. The SMILES string of the molecule is CC(=O)NC(CS)C(=O)NCC1CC1C. The Morgan fingerprint density at radius 2 is 2.13 bits per heavy atom. The molecule has 3 atom stereocenters. The van der Waals surface area contributed by atoms with Crippen molar-refractivity contribution in [1.29, 1.82) is 0 Å². The molecule has 0 aromatic carbocycles. The highest BCUT2D eigenvalue weighted by Gasteiger charge is 2.32. The Hall–Kier alpha value is -0.710. The molecular formula is C10H18N2O2S. The van der Waals surface area contributed by atoms with Gasteiger partial charge >= 0.3 is 0 Å². The van der Waals surface area contributed by atoms with Crippen LogP contribution in [-0.2, 0) is 9.59 Å². The average Bonchev–Trinajstić information content (AvgIpc) is 2.87. The summed E-state index contributed by atoms with van der Waals surface area (Å²) in [6, 6.07) is -0.514. The molecule has 3 unspecified atom stereocenters. The molecule has 1 fully saturated rings. The van der Waals surface area contributed by atoms with E-state index in [1.165, 1.54) is 13.3 Å². The monoisotopic (exact) mass is 230 g/mol. The highest BCUT2D eigenvalue weighted by molar-refractivity contribution is 7.80. The number of carbonyl (C=O) groups excluding carboxylic acids is 2. The van der Waals surface area contributed by atoms with E-state index in [-0.39, 0.29) is 11.8 Å². The van der Waals surface area contributed by atoms with Crippen molar-refractivity contribution < 1.29 is 9.59 Å². The summed E-state index contributed by atoms with van der Waals surface area (Å²) < 4.78 is 0. The van der Waals surface area contributed by atoms with E-state index in [9.17, 15) is 9.59 Å². The third-order valence-electron chi connectivity index (χ3n) is 2.69. The summed E-state index contributed by atoms with van der Waals surface area (Å²) in [6.45, 7) is 4.28. The van der Waals surface area contributed by atoms with Gasteiger partial charge in [0.2, 0.25) is 11.8 Å². The standard InChI is InChI=1S/C10H18N2O2S/c1-6-3-8(6)4-11-10(14)9(5-15)12-7(2)13/h6,8-9,15H,3-5H2,1-2H3,(H,11,14)(H,12,13). The lowest BCUT2D eigenvalue weighted by molar-refractivity contribution is -0.127. The van der Waals surface area contributed by atoms with Crippen LogP contribution in [0, 0.1) is 11.8 Å². The molecule has 2 N–H and O–H groups in total. The third-order valence-corrected chi connectivity index (χ3v) is 3.06. The Bertz CT molecular complexity index is 258. The molecule has 2 amide bonds. The molecule has 0 aromatic heterocycles. The maximum Gasteiger partial charge on any atom is 0.243 e. The topological polar surface area (TPSA) is 58.2 Å². The van der Waals surface area contributed by atoms with Gasteiger partial charge in [0.1, 0.15) is 6.04 Å². The van der Waals surface area contributed by atoms with Crippen molar-refractivity contribution in [3.8, 4) is 0 Å². The fraction of sp³-hybridized carbons (Fsp3) is 0.800. The van der Waals surface area contributed by atoms with E-state index in [0.717, 1.165) is 5.92 Å². The first kappa shape index (κ1) is 12.4. The number of hydrogen-bond donors (Lipinski definition) is 3. The molecule has 1 saturated carbocycles. The van der Waals surface area contributed by atoms with Crippen LogP contribution in [0.4, 0.5) is 0 Å². The minimum atomic E-state index is -0.514. The Morgan fingerprint density at radius 1 is 1.53 bits per heavy atom. The van der Waals surface area contributed by atoms with Gasteiger partial charge in [0.05, 0.1) is 0 Å². The quantitative estimate of drug-likeness (QED) is 0.591. The third kappa shape index (κ3) is 4.11. The first-order valence-corrected chi connectivity index (χ1v) is 5.83. The van der Waals surface area contributed by atoms with Crippen molar-refractivity contribution in [2.75, 3.05) is 12.3 Å². The molecule has 5 heteroatoms. The van der Waals surface area contributed by atoms with Crippen LogP contribution in [-0.4, -0.2) is 30.2 Å². The lowest BCUT2D eigenvalue weighted by Crippen LogP contribution is -2.47. The molecule has 0 saturated heterocycles. The van der Waals surface area contributed by atoms with Gasteiger partial charge in [-0.1, -0.05) is 6.92 Å². The van der Waals surface area contributed by atoms with Crippen molar-refractivity contribution >= 4 is 24.4 Å². The first-order valence-electron chi connectivity index (χ1n) is 5.20. The normalized spacial score (nSPS) is 25.5. The first-order chi connectivity index (χ1) is 7.04. The van der Waals surface area contributed by atoms with Crippen LogP contribution in [0.5, 0.6) is 0 Å². The highest BCUT2D eigenvalue weighted by atomic mass is 32.1. The van der Waals surface area contributed by atoms with Crippen LogP contribution >= 0.6 is 12.6 Å². The molecule has 1 aliphatic rings. The lowest BCUT2D eigenvalue weighted by atomic mass is 10.3. The fourth-order valence-corrected chi connectivity index (χ4v) is 1.73. The van der Waals surface area contributed by atoms with Gasteiger partial charge in [-0.05, 0) is 18.3 Å². The molecule has 86 valence electrons. The maximum atomic E-state index is 11.6. The molecule has 1 rings (SSSR count). The molecule has 0 aliphatic heterocycles. The van der Waals surface area contributed by atoms with Gasteiger partial charge in [0.25, 0.3) is 0 Å². The largest absolute Gasteiger partial charge is 0.354 e. The van der Waals surface area contributed by atoms with E-state index in [4.69, 9.17) is 0 Å². The predicted molar refractivity (Wildman–Crippen MR) is 61.7 cm³/mol. The van der Waals surface area contributed by atoms with Gasteiger partial charge in [-0.3, -0.25) is 9.59 Å². The van der Waals surface area contributed by atoms with Gasteiger partial charge in [-0.25, -0.2) is 0 Å². The van der Waals surface area contributed by atoms with Crippen molar-refractivity contribution in [1.82, 2.24) is 10.6 Å². The fourth-order valence-electron chi connectivity index (χ4n) is 1.48. The van der Waals surface area contributed by atoms with Gasteiger partial charge in [-0.2, -0.15) is 12.6 Å². The zero-order valence-electron chi connectivity index (χ0n) is 9.12. The van der Waals surface area contributed by atoms with E-state index in [0.29, 0.717) is 18.2 Å². The second-order valence-electron chi connectivity index (χ2n) is 4.15. The van der Waals surface area contributed by atoms with E-state index >= 15 is 0 Å². The Morgan fingerprint density at radius 3 is 2.53 bits per heavy atom. The van der Waals surface area contributed by atoms with Crippen LogP contribution in [0.15, 0.2) is 0 Å². The van der Waals surface area contributed by atoms with Gasteiger partial charge < -0.3 is 10.6 Å². The second kappa shape index (κ2) is 5.39. The summed E-state index contributed by atoms with van der Waals surface area (Å²) >= 11 is 4.03. The summed E-state index contributed by atoms with van der Waals surface area (Å²) in [7, 11) is 0. The molecule has 0 aromatic rings. The lowest BCUT2D eigenvalue weighted by Gasteiger charge is -2.15. The summed E-state index contributed by atoms with van der Waals surface area (Å²) in [6.07, 6.45) is 1.19. The molecule has 15 heavy (non-hydrogen) atoms. The Balaban J connectivity index is 2.26. The zero-order valence-corrected chi connectivity index (χ0v) is 10.0. The van der Waals surface area contributed by atoms with Crippen molar-refractivity contribution in [2.24, 2.45) is 11.8 Å². The van der Waals surface area contributed by atoms with E-state index in [2.05, 4.69) is 30.2 Å². The maximum absolute atomic E-state index is 11.6. The summed E-state index contributed by atoms with van der Waals surface area (Å²) in [5, 5.41) is 5.39. The molecule has 4 nitrogen and oxygen atoms in total. The Kier molecular flexibility index (Phi) is 4.45. The summed E-state index contributed by atoms with van der Waals surface area (Å²) in [5.74, 6) is 1.32.